The minimum absolute atomic E-state index is 0.0712. The Morgan fingerprint density at radius 3 is 2.00 bits per heavy atom. The van der Waals surface area contributed by atoms with Crippen LogP contribution in [0.5, 0.6) is 0 Å². The minimum Gasteiger partial charge on any atom is -0.476 e. The summed E-state index contributed by atoms with van der Waals surface area (Å²) in [6.45, 7) is 8.23. The van der Waals surface area contributed by atoms with Crippen LogP contribution in [0.3, 0.4) is 0 Å². The van der Waals surface area contributed by atoms with E-state index in [4.69, 9.17) is 4.74 Å². The van der Waals surface area contributed by atoms with Gasteiger partial charge in [0.05, 0.1) is 27.7 Å². The fraction of sp³-hybridized carbons (Fsp3) is 0.533. The van der Waals surface area contributed by atoms with Crippen LogP contribution in [0.2, 0.25) is 0 Å². The highest BCUT2D eigenvalue weighted by Gasteiger charge is 2.56. The number of carbonyl (C=O) groups is 3. The molecule has 21 heavy (non-hydrogen) atoms. The maximum atomic E-state index is 12.5. The Kier molecular flexibility index (Phi) is 6.05. The van der Waals surface area contributed by atoms with E-state index in [9.17, 15) is 19.5 Å². The molecular formula is C15H24NO5+. The summed E-state index contributed by atoms with van der Waals surface area (Å²) in [5.74, 6) is -2.64. The molecule has 0 rings (SSSR count). The van der Waals surface area contributed by atoms with Gasteiger partial charge in [0.1, 0.15) is 0 Å². The summed E-state index contributed by atoms with van der Waals surface area (Å²) in [4.78, 5) is 36.1. The van der Waals surface area contributed by atoms with Gasteiger partial charge in [-0.1, -0.05) is 6.58 Å². The van der Waals surface area contributed by atoms with Gasteiger partial charge in [-0.25, -0.2) is 9.59 Å². The van der Waals surface area contributed by atoms with E-state index in [1.54, 1.807) is 28.1 Å². The van der Waals surface area contributed by atoms with Gasteiger partial charge in [0.2, 0.25) is 5.78 Å². The van der Waals surface area contributed by atoms with Gasteiger partial charge < -0.3 is 14.3 Å². The van der Waals surface area contributed by atoms with Gasteiger partial charge in [0.15, 0.2) is 0 Å². The number of ether oxygens (including phenoxy) is 1. The van der Waals surface area contributed by atoms with Crippen LogP contribution in [0.4, 0.5) is 0 Å². The number of quaternary nitrogens is 1. The van der Waals surface area contributed by atoms with Crippen molar-refractivity contribution in [3.63, 3.8) is 0 Å². The van der Waals surface area contributed by atoms with Crippen LogP contribution in [0.15, 0.2) is 23.8 Å². The molecule has 6 heteroatoms. The van der Waals surface area contributed by atoms with Crippen molar-refractivity contribution in [3.8, 4) is 0 Å². The molecule has 0 fully saturated rings. The number of esters is 1. The maximum Gasteiger partial charge on any atom is 0.378 e. The molecule has 0 aromatic rings. The fourth-order valence-electron chi connectivity index (χ4n) is 1.95. The SMILES string of the molecule is C=C(C)C(=O)C(C=C(C)C(=O)OCC)(C(=O)O)[N+](C)(C)C. The summed E-state index contributed by atoms with van der Waals surface area (Å²) in [5, 5.41) is 9.66. The van der Waals surface area contributed by atoms with E-state index in [1.165, 1.54) is 13.8 Å². The number of aliphatic carboxylic acids is 1. The van der Waals surface area contributed by atoms with E-state index < -0.39 is 23.3 Å². The lowest BCUT2D eigenvalue weighted by Gasteiger charge is -2.39. The lowest BCUT2D eigenvalue weighted by atomic mass is 9.85. The zero-order valence-electron chi connectivity index (χ0n) is 13.5. The number of Topliss-reactive ketones (excluding diaryl/α,β-unsaturated/α-hetero) is 1. The second kappa shape index (κ2) is 6.67. The molecule has 0 aromatic heterocycles. The van der Waals surface area contributed by atoms with Crippen LogP contribution in [-0.4, -0.2) is 60.6 Å². The van der Waals surface area contributed by atoms with E-state index in [-0.39, 0.29) is 22.2 Å². The summed E-state index contributed by atoms with van der Waals surface area (Å²) in [5.41, 5.74) is -1.75. The quantitative estimate of drug-likeness (QED) is 0.330. The predicted molar refractivity (Wildman–Crippen MR) is 78.6 cm³/mol. The highest BCUT2D eigenvalue weighted by molar-refractivity contribution is 6.16. The summed E-state index contributed by atoms with van der Waals surface area (Å²) >= 11 is 0. The topological polar surface area (TPSA) is 80.7 Å². The molecule has 0 heterocycles. The first-order chi connectivity index (χ1) is 9.41. The third-order valence-electron chi connectivity index (χ3n) is 3.14. The average molecular weight is 298 g/mol. The zero-order valence-corrected chi connectivity index (χ0v) is 13.5. The molecule has 0 radical (unpaired) electrons. The molecule has 0 bridgehead atoms. The molecule has 1 N–H and O–H groups in total. The van der Waals surface area contributed by atoms with E-state index in [1.807, 2.05) is 0 Å². The summed E-state index contributed by atoms with van der Waals surface area (Å²) in [7, 11) is 4.72. The molecule has 6 nitrogen and oxygen atoms in total. The van der Waals surface area contributed by atoms with Crippen LogP contribution in [-0.2, 0) is 19.1 Å². The van der Waals surface area contributed by atoms with Crippen molar-refractivity contribution < 1.29 is 28.7 Å². The smallest absolute Gasteiger partial charge is 0.378 e. The molecule has 0 saturated carbocycles. The number of likely N-dealkylation sites (N-methyl/N-ethyl adjacent to an activating group) is 1. The molecule has 0 aliphatic carbocycles. The van der Waals surface area contributed by atoms with Gasteiger partial charge in [-0.2, -0.15) is 0 Å². The highest BCUT2D eigenvalue weighted by Crippen LogP contribution is 2.27. The van der Waals surface area contributed by atoms with Crippen molar-refractivity contribution in [3.05, 3.63) is 23.8 Å². The minimum atomic E-state index is -1.93. The maximum absolute atomic E-state index is 12.5. The Bertz CT molecular complexity index is 499. The Morgan fingerprint density at radius 1 is 1.24 bits per heavy atom. The number of carboxylic acid groups (broad SMARTS) is 1. The highest BCUT2D eigenvalue weighted by atomic mass is 16.5. The number of ketones is 1. The molecule has 0 saturated heterocycles. The van der Waals surface area contributed by atoms with E-state index in [0.717, 1.165) is 6.08 Å². The normalized spacial score (nSPS) is 15.0. The average Bonchev–Trinajstić information content (AvgIpc) is 2.32. The van der Waals surface area contributed by atoms with Gasteiger partial charge in [-0.3, -0.25) is 4.79 Å². The monoisotopic (exact) mass is 298 g/mol. The van der Waals surface area contributed by atoms with Crippen LogP contribution in [0, 0.1) is 0 Å². The second-order valence-electron chi connectivity index (χ2n) is 5.74. The standard InChI is InChI=1S/C15H23NO5/c1-8-21-13(18)11(4)9-15(14(19)20,16(5,6)7)12(17)10(2)3/h9H,2,8H2,1,3-7H3/p+1. The zero-order chi connectivity index (χ0) is 17.0. The fourth-order valence-corrected chi connectivity index (χ4v) is 1.95. The van der Waals surface area contributed by atoms with Crippen LogP contribution in [0.25, 0.3) is 0 Å². The Labute approximate surface area is 125 Å². The van der Waals surface area contributed by atoms with Crippen molar-refractivity contribution in [2.75, 3.05) is 27.7 Å². The summed E-state index contributed by atoms with van der Waals surface area (Å²) in [6.07, 6.45) is 1.16. The largest absolute Gasteiger partial charge is 0.476 e. The van der Waals surface area contributed by atoms with Crippen LogP contribution >= 0.6 is 0 Å². The van der Waals surface area contributed by atoms with Crippen LogP contribution < -0.4 is 0 Å². The van der Waals surface area contributed by atoms with Crippen molar-refractivity contribution >= 4 is 17.7 Å². The van der Waals surface area contributed by atoms with Gasteiger partial charge in [-0.15, -0.1) is 0 Å². The van der Waals surface area contributed by atoms with Crippen molar-refractivity contribution in [2.24, 2.45) is 0 Å². The van der Waals surface area contributed by atoms with Gasteiger partial charge in [0, 0.05) is 11.6 Å². The van der Waals surface area contributed by atoms with Gasteiger partial charge in [-0.05, 0) is 26.3 Å². The molecule has 0 aliphatic rings. The van der Waals surface area contributed by atoms with Crippen molar-refractivity contribution in [1.82, 2.24) is 0 Å². The second-order valence-corrected chi connectivity index (χ2v) is 5.74. The molecule has 0 amide bonds. The molecule has 0 aromatic carbocycles. The van der Waals surface area contributed by atoms with Crippen molar-refractivity contribution in [2.45, 2.75) is 26.3 Å². The lowest BCUT2D eigenvalue weighted by Crippen LogP contribution is -2.66. The summed E-state index contributed by atoms with van der Waals surface area (Å²) < 4.78 is 4.62. The van der Waals surface area contributed by atoms with Crippen LogP contribution in [0.1, 0.15) is 20.8 Å². The third kappa shape index (κ3) is 3.78. The number of rotatable bonds is 7. The first-order valence-electron chi connectivity index (χ1n) is 6.53. The Morgan fingerprint density at radius 2 is 1.71 bits per heavy atom. The van der Waals surface area contributed by atoms with E-state index >= 15 is 0 Å². The van der Waals surface area contributed by atoms with E-state index in [0.29, 0.717) is 0 Å². The number of nitrogens with zero attached hydrogens (tertiary/aromatic N) is 1. The molecule has 1 atom stereocenters. The lowest BCUT2D eigenvalue weighted by molar-refractivity contribution is -0.896. The number of carboxylic acids is 1. The number of hydrogen-bond acceptors (Lipinski definition) is 4. The van der Waals surface area contributed by atoms with Gasteiger partial charge >= 0.3 is 11.9 Å². The van der Waals surface area contributed by atoms with Crippen molar-refractivity contribution in [1.29, 1.82) is 0 Å². The molecular weight excluding hydrogens is 274 g/mol. The Balaban J connectivity index is 6.24. The molecule has 118 valence electrons. The molecule has 0 spiro atoms. The Hall–Kier alpha value is -1.95. The number of hydrogen-bond donors (Lipinski definition) is 1. The first kappa shape index (κ1) is 19.1. The molecule has 0 aliphatic heterocycles. The third-order valence-corrected chi connectivity index (χ3v) is 3.14. The van der Waals surface area contributed by atoms with E-state index in [2.05, 4.69) is 6.58 Å². The first-order valence-corrected chi connectivity index (χ1v) is 6.53. The molecule has 1 unspecified atom stereocenters. The summed E-state index contributed by atoms with van der Waals surface area (Å²) in [6, 6.07) is 0. The number of carbonyl (C=O) groups excluding carboxylic acids is 2. The predicted octanol–water partition coefficient (Wildman–Crippen LogP) is 1.17. The van der Waals surface area contributed by atoms with Gasteiger partial charge in [0.25, 0.3) is 5.54 Å².